The van der Waals surface area contributed by atoms with E-state index in [0.29, 0.717) is 30.4 Å². The van der Waals surface area contributed by atoms with Gasteiger partial charge in [-0.15, -0.1) is 12.4 Å². The van der Waals surface area contributed by atoms with Crippen molar-refractivity contribution in [1.29, 1.82) is 0 Å². The lowest BCUT2D eigenvalue weighted by molar-refractivity contribution is 0.0951. The summed E-state index contributed by atoms with van der Waals surface area (Å²) in [6.45, 7) is 2.26. The van der Waals surface area contributed by atoms with E-state index in [-0.39, 0.29) is 18.3 Å². The molecule has 30 heavy (non-hydrogen) atoms. The van der Waals surface area contributed by atoms with Crippen molar-refractivity contribution in [2.24, 2.45) is 0 Å². The summed E-state index contributed by atoms with van der Waals surface area (Å²) in [5, 5.41) is 11.2. The number of hydrogen-bond acceptors (Lipinski definition) is 4. The van der Waals surface area contributed by atoms with Crippen LogP contribution in [0.25, 0.3) is 11.3 Å². The number of carbonyl (C=O) groups is 1. The van der Waals surface area contributed by atoms with Gasteiger partial charge in [-0.25, -0.2) is 0 Å². The van der Waals surface area contributed by atoms with Gasteiger partial charge in [-0.3, -0.25) is 9.48 Å². The molecular weight excluding hydrogens is 400 g/mol. The van der Waals surface area contributed by atoms with E-state index >= 15 is 0 Å². The quantitative estimate of drug-likeness (QED) is 0.606. The number of aromatic nitrogens is 2. The lowest BCUT2D eigenvalue weighted by Crippen LogP contribution is -2.37. The van der Waals surface area contributed by atoms with Crippen molar-refractivity contribution in [3.63, 3.8) is 0 Å². The van der Waals surface area contributed by atoms with Gasteiger partial charge in [-0.2, -0.15) is 5.10 Å². The number of carbonyl (C=O) groups excluding carboxylic acids is 1. The van der Waals surface area contributed by atoms with Gasteiger partial charge in [0.05, 0.1) is 19.2 Å². The summed E-state index contributed by atoms with van der Waals surface area (Å²) in [7, 11) is 1.64. The molecule has 1 aliphatic rings. The van der Waals surface area contributed by atoms with Crippen molar-refractivity contribution in [1.82, 2.24) is 20.4 Å². The van der Waals surface area contributed by atoms with Crippen LogP contribution in [0.2, 0.25) is 0 Å². The molecule has 0 spiro atoms. The highest BCUT2D eigenvalue weighted by Crippen LogP contribution is 2.25. The Morgan fingerprint density at radius 3 is 2.63 bits per heavy atom. The highest BCUT2D eigenvalue weighted by molar-refractivity contribution is 5.99. The largest absolute Gasteiger partial charge is 0.497 e. The van der Waals surface area contributed by atoms with Crippen LogP contribution in [-0.4, -0.2) is 41.9 Å². The van der Waals surface area contributed by atoms with Gasteiger partial charge in [-0.1, -0.05) is 30.3 Å². The second-order valence-electron chi connectivity index (χ2n) is 7.31. The van der Waals surface area contributed by atoms with Crippen molar-refractivity contribution < 1.29 is 9.53 Å². The van der Waals surface area contributed by atoms with Crippen LogP contribution in [0.15, 0.2) is 60.8 Å². The normalized spacial score (nSPS) is 15.4. The zero-order valence-corrected chi connectivity index (χ0v) is 17.8. The van der Waals surface area contributed by atoms with E-state index in [0.717, 1.165) is 36.3 Å². The number of nitrogens with zero attached hydrogens (tertiary/aromatic N) is 2. The Balaban J connectivity index is 0.00000256. The van der Waals surface area contributed by atoms with E-state index in [9.17, 15) is 4.79 Å². The van der Waals surface area contributed by atoms with Crippen LogP contribution in [-0.2, 0) is 6.54 Å². The molecule has 3 aromatic rings. The van der Waals surface area contributed by atoms with Gasteiger partial charge >= 0.3 is 0 Å². The van der Waals surface area contributed by atoms with Crippen LogP contribution in [0.1, 0.15) is 28.8 Å². The maximum absolute atomic E-state index is 13.0. The summed E-state index contributed by atoms with van der Waals surface area (Å²) in [4.78, 5) is 13.0. The van der Waals surface area contributed by atoms with E-state index in [1.54, 1.807) is 7.11 Å². The summed E-state index contributed by atoms with van der Waals surface area (Å²) in [6, 6.07) is 18.1. The van der Waals surface area contributed by atoms with Crippen LogP contribution in [0.4, 0.5) is 0 Å². The van der Waals surface area contributed by atoms with Gasteiger partial charge in [0, 0.05) is 24.3 Å². The third kappa shape index (κ3) is 5.20. The zero-order chi connectivity index (χ0) is 20.1. The minimum Gasteiger partial charge on any atom is -0.497 e. The molecule has 1 atom stereocenters. The SMILES string of the molecule is COc1ccc(-c2nn(Cc3ccccc3)cc2C(=O)NCC2CCCN2)cc1.Cl. The number of nitrogens with one attached hydrogen (secondary N) is 2. The molecule has 1 aromatic heterocycles. The predicted octanol–water partition coefficient (Wildman–Crippen LogP) is 3.51. The van der Waals surface area contributed by atoms with Gasteiger partial charge < -0.3 is 15.4 Å². The maximum atomic E-state index is 13.0. The first kappa shape index (κ1) is 21.9. The van der Waals surface area contributed by atoms with E-state index in [4.69, 9.17) is 9.84 Å². The van der Waals surface area contributed by atoms with E-state index < -0.39 is 0 Å². The van der Waals surface area contributed by atoms with Crippen LogP contribution in [0, 0.1) is 0 Å². The molecule has 1 aliphatic heterocycles. The average Bonchev–Trinajstić information content (AvgIpc) is 3.43. The fourth-order valence-corrected chi connectivity index (χ4v) is 3.64. The highest BCUT2D eigenvalue weighted by Gasteiger charge is 2.20. The van der Waals surface area contributed by atoms with Crippen molar-refractivity contribution in [3.8, 4) is 17.0 Å². The molecule has 0 aliphatic carbocycles. The Bertz CT molecular complexity index is 951. The second-order valence-corrected chi connectivity index (χ2v) is 7.31. The zero-order valence-electron chi connectivity index (χ0n) is 17.0. The predicted molar refractivity (Wildman–Crippen MR) is 120 cm³/mol. The van der Waals surface area contributed by atoms with E-state index in [1.165, 1.54) is 0 Å². The summed E-state index contributed by atoms with van der Waals surface area (Å²) in [6.07, 6.45) is 4.09. The molecule has 0 bridgehead atoms. The summed E-state index contributed by atoms with van der Waals surface area (Å²) in [5.41, 5.74) is 3.30. The van der Waals surface area contributed by atoms with Crippen LogP contribution in [0.5, 0.6) is 5.75 Å². The van der Waals surface area contributed by atoms with Crippen molar-refractivity contribution in [2.45, 2.75) is 25.4 Å². The van der Waals surface area contributed by atoms with Crippen LogP contribution < -0.4 is 15.4 Å². The average molecular weight is 427 g/mol. The Morgan fingerprint density at radius 2 is 1.97 bits per heavy atom. The van der Waals surface area contributed by atoms with E-state index in [2.05, 4.69) is 22.8 Å². The lowest BCUT2D eigenvalue weighted by atomic mass is 10.1. The number of rotatable bonds is 7. The Labute approximate surface area is 183 Å². The number of benzene rings is 2. The first-order valence-electron chi connectivity index (χ1n) is 10.0. The number of hydrogen-bond donors (Lipinski definition) is 2. The fraction of sp³-hybridized carbons (Fsp3) is 0.304. The van der Waals surface area contributed by atoms with Gasteiger partial charge in [0.1, 0.15) is 11.4 Å². The van der Waals surface area contributed by atoms with Crippen LogP contribution in [0.3, 0.4) is 0 Å². The summed E-state index contributed by atoms with van der Waals surface area (Å²) >= 11 is 0. The molecule has 1 fully saturated rings. The number of methoxy groups -OCH3 is 1. The molecule has 158 valence electrons. The summed E-state index contributed by atoms with van der Waals surface area (Å²) < 4.78 is 7.08. The van der Waals surface area contributed by atoms with Gasteiger partial charge in [0.2, 0.25) is 0 Å². The van der Waals surface area contributed by atoms with Crippen molar-refractivity contribution in [2.75, 3.05) is 20.2 Å². The second kappa shape index (κ2) is 10.3. The Hall–Kier alpha value is -2.83. The molecule has 1 saturated heterocycles. The standard InChI is InChI=1S/C23H26N4O2.ClH/c1-29-20-11-9-18(10-12-20)22-21(23(28)25-14-19-8-5-13-24-19)16-27(26-22)15-17-6-3-2-4-7-17;/h2-4,6-7,9-12,16,19,24H,5,8,13-15H2,1H3,(H,25,28);1H. The van der Waals surface area contributed by atoms with Crippen molar-refractivity contribution >= 4 is 18.3 Å². The summed E-state index contributed by atoms with van der Waals surface area (Å²) in [5.74, 6) is 0.680. The van der Waals surface area contributed by atoms with Crippen molar-refractivity contribution in [3.05, 3.63) is 71.9 Å². The third-order valence-corrected chi connectivity index (χ3v) is 5.23. The Morgan fingerprint density at radius 1 is 1.20 bits per heavy atom. The minimum atomic E-state index is -0.0937. The molecule has 0 saturated carbocycles. The smallest absolute Gasteiger partial charge is 0.255 e. The first-order valence-corrected chi connectivity index (χ1v) is 10.0. The molecule has 1 unspecified atom stereocenters. The highest BCUT2D eigenvalue weighted by atomic mass is 35.5. The molecular formula is C23H27ClN4O2. The molecule has 2 N–H and O–H groups in total. The lowest BCUT2D eigenvalue weighted by Gasteiger charge is -2.11. The van der Waals surface area contributed by atoms with Gasteiger partial charge in [0.25, 0.3) is 5.91 Å². The fourth-order valence-electron chi connectivity index (χ4n) is 3.64. The molecule has 4 rings (SSSR count). The number of amides is 1. The van der Waals surface area contributed by atoms with E-state index in [1.807, 2.05) is 53.3 Å². The monoisotopic (exact) mass is 426 g/mol. The van der Waals surface area contributed by atoms with Gasteiger partial charge in [-0.05, 0) is 49.2 Å². The molecule has 0 radical (unpaired) electrons. The molecule has 1 amide bonds. The number of ether oxygens (including phenoxy) is 1. The molecule has 7 heteroatoms. The first-order chi connectivity index (χ1) is 14.2. The topological polar surface area (TPSA) is 68.2 Å². The minimum absolute atomic E-state index is 0. The number of halogens is 1. The van der Waals surface area contributed by atoms with Crippen LogP contribution >= 0.6 is 12.4 Å². The molecule has 2 aromatic carbocycles. The Kier molecular flexibility index (Phi) is 7.49. The third-order valence-electron chi connectivity index (χ3n) is 5.23. The maximum Gasteiger partial charge on any atom is 0.255 e. The molecule has 2 heterocycles. The molecule has 6 nitrogen and oxygen atoms in total. The van der Waals surface area contributed by atoms with Gasteiger partial charge in [0.15, 0.2) is 0 Å².